The Morgan fingerprint density at radius 3 is 2.68 bits per heavy atom. The minimum atomic E-state index is 0.0759. The topological polar surface area (TPSA) is 56.0 Å². The molecule has 0 radical (unpaired) electrons. The van der Waals surface area contributed by atoms with E-state index in [-0.39, 0.29) is 5.91 Å². The van der Waals surface area contributed by atoms with Gasteiger partial charge < -0.3 is 4.90 Å². The Kier molecular flexibility index (Phi) is 3.06. The van der Waals surface area contributed by atoms with Crippen molar-refractivity contribution < 1.29 is 4.79 Å². The van der Waals surface area contributed by atoms with Crippen molar-refractivity contribution >= 4 is 5.91 Å². The number of aryl methyl sites for hydroxylation is 1. The quantitative estimate of drug-likeness (QED) is 0.811. The Morgan fingerprint density at radius 1 is 1.32 bits per heavy atom. The number of piperidine rings is 1. The van der Waals surface area contributed by atoms with Crippen LogP contribution in [0.2, 0.25) is 0 Å². The molecule has 2 aromatic heterocycles. The number of rotatable bonds is 2. The maximum Gasteiger partial charge on any atom is 0.257 e. The standard InChI is InChI=1S/C13H17N5O/c1-16-10-11(9-15-16)13(19)17-7-3-12(4-8-17)18-6-2-5-14-18/h2,5-6,9-10,12H,3-4,7-8H2,1H3. The van der Waals surface area contributed by atoms with E-state index in [0.717, 1.165) is 25.9 Å². The molecule has 19 heavy (non-hydrogen) atoms. The zero-order valence-electron chi connectivity index (χ0n) is 10.9. The molecule has 2 aromatic rings. The predicted octanol–water partition coefficient (Wildman–Crippen LogP) is 1.09. The van der Waals surface area contributed by atoms with Crippen molar-refractivity contribution in [2.24, 2.45) is 7.05 Å². The molecule has 1 fully saturated rings. The highest BCUT2D eigenvalue weighted by Gasteiger charge is 2.25. The molecule has 0 aliphatic carbocycles. The van der Waals surface area contributed by atoms with Gasteiger partial charge in [0.05, 0.1) is 17.8 Å². The molecule has 0 spiro atoms. The van der Waals surface area contributed by atoms with Gasteiger partial charge >= 0.3 is 0 Å². The van der Waals surface area contributed by atoms with Crippen LogP contribution in [0.25, 0.3) is 0 Å². The predicted molar refractivity (Wildman–Crippen MR) is 69.6 cm³/mol. The van der Waals surface area contributed by atoms with E-state index in [0.29, 0.717) is 11.6 Å². The summed E-state index contributed by atoms with van der Waals surface area (Å²) in [5, 5.41) is 8.31. The molecule has 0 saturated carbocycles. The third-order valence-corrected chi connectivity index (χ3v) is 3.60. The number of nitrogens with zero attached hydrogens (tertiary/aromatic N) is 5. The molecule has 0 unspecified atom stereocenters. The molecular formula is C13H17N5O. The molecule has 3 rings (SSSR count). The van der Waals surface area contributed by atoms with Crippen molar-refractivity contribution in [3.05, 3.63) is 36.4 Å². The second-order valence-corrected chi connectivity index (χ2v) is 4.91. The number of aromatic nitrogens is 4. The summed E-state index contributed by atoms with van der Waals surface area (Å²) in [5.74, 6) is 0.0759. The van der Waals surface area contributed by atoms with E-state index in [1.165, 1.54) is 0 Å². The number of carbonyl (C=O) groups is 1. The van der Waals surface area contributed by atoms with E-state index < -0.39 is 0 Å². The fourth-order valence-electron chi connectivity index (χ4n) is 2.54. The molecule has 3 heterocycles. The number of hydrogen-bond acceptors (Lipinski definition) is 3. The molecule has 6 nitrogen and oxygen atoms in total. The van der Waals surface area contributed by atoms with Gasteiger partial charge in [0.2, 0.25) is 0 Å². The number of hydrogen-bond donors (Lipinski definition) is 0. The number of carbonyl (C=O) groups excluding carboxylic acids is 1. The number of likely N-dealkylation sites (tertiary alicyclic amines) is 1. The van der Waals surface area contributed by atoms with Gasteiger partial charge in [0.25, 0.3) is 5.91 Å². The highest BCUT2D eigenvalue weighted by molar-refractivity contribution is 5.93. The molecule has 0 bridgehead atoms. The van der Waals surface area contributed by atoms with Crippen LogP contribution >= 0.6 is 0 Å². The first-order valence-corrected chi connectivity index (χ1v) is 6.51. The first kappa shape index (κ1) is 12.0. The van der Waals surface area contributed by atoms with Crippen LogP contribution in [0.4, 0.5) is 0 Å². The van der Waals surface area contributed by atoms with Crippen LogP contribution in [0, 0.1) is 0 Å². The van der Waals surface area contributed by atoms with Crippen LogP contribution in [-0.4, -0.2) is 43.5 Å². The average Bonchev–Trinajstić information content (AvgIpc) is 3.09. The van der Waals surface area contributed by atoms with Gasteiger partial charge in [-0.15, -0.1) is 0 Å². The van der Waals surface area contributed by atoms with Gasteiger partial charge in [0, 0.05) is 38.7 Å². The lowest BCUT2D eigenvalue weighted by atomic mass is 10.0. The van der Waals surface area contributed by atoms with E-state index in [4.69, 9.17) is 0 Å². The van der Waals surface area contributed by atoms with Crippen molar-refractivity contribution in [3.8, 4) is 0 Å². The molecule has 0 atom stereocenters. The Labute approximate surface area is 111 Å². The van der Waals surface area contributed by atoms with Gasteiger partial charge in [-0.1, -0.05) is 0 Å². The molecule has 1 aliphatic rings. The lowest BCUT2D eigenvalue weighted by molar-refractivity contribution is 0.0690. The molecular weight excluding hydrogens is 242 g/mol. The van der Waals surface area contributed by atoms with Gasteiger partial charge in [-0.25, -0.2) is 0 Å². The van der Waals surface area contributed by atoms with E-state index in [1.54, 1.807) is 23.3 Å². The zero-order chi connectivity index (χ0) is 13.2. The summed E-state index contributed by atoms with van der Waals surface area (Å²) in [7, 11) is 1.82. The smallest absolute Gasteiger partial charge is 0.257 e. The van der Waals surface area contributed by atoms with E-state index in [9.17, 15) is 4.79 Å². The molecule has 0 N–H and O–H groups in total. The van der Waals surface area contributed by atoms with Gasteiger partial charge in [0.1, 0.15) is 0 Å². The van der Waals surface area contributed by atoms with Crippen LogP contribution in [0.15, 0.2) is 30.9 Å². The van der Waals surface area contributed by atoms with Gasteiger partial charge in [-0.2, -0.15) is 10.2 Å². The molecule has 6 heteroatoms. The van der Waals surface area contributed by atoms with E-state index in [1.807, 2.05) is 28.9 Å². The molecule has 1 aliphatic heterocycles. The lowest BCUT2D eigenvalue weighted by Crippen LogP contribution is -2.39. The molecule has 1 amide bonds. The second kappa shape index (κ2) is 4.87. The maximum absolute atomic E-state index is 12.3. The van der Waals surface area contributed by atoms with Crippen molar-refractivity contribution in [1.82, 2.24) is 24.5 Å². The highest BCUT2D eigenvalue weighted by Crippen LogP contribution is 2.22. The SMILES string of the molecule is Cn1cc(C(=O)N2CCC(n3cccn3)CC2)cn1. The monoisotopic (exact) mass is 259 g/mol. The van der Waals surface area contributed by atoms with Crippen LogP contribution in [0.3, 0.4) is 0 Å². The fraction of sp³-hybridized carbons (Fsp3) is 0.462. The van der Waals surface area contributed by atoms with Crippen molar-refractivity contribution in [1.29, 1.82) is 0 Å². The van der Waals surface area contributed by atoms with Gasteiger partial charge in [-0.3, -0.25) is 14.2 Å². The third kappa shape index (κ3) is 2.38. The third-order valence-electron chi connectivity index (χ3n) is 3.60. The Hall–Kier alpha value is -2.11. The van der Waals surface area contributed by atoms with Crippen LogP contribution in [0.5, 0.6) is 0 Å². The summed E-state index contributed by atoms with van der Waals surface area (Å²) in [6, 6.07) is 2.35. The fourth-order valence-corrected chi connectivity index (χ4v) is 2.54. The van der Waals surface area contributed by atoms with Gasteiger partial charge in [0.15, 0.2) is 0 Å². The molecule has 100 valence electrons. The van der Waals surface area contributed by atoms with Crippen molar-refractivity contribution in [2.45, 2.75) is 18.9 Å². The van der Waals surface area contributed by atoms with Gasteiger partial charge in [-0.05, 0) is 18.9 Å². The summed E-state index contributed by atoms with van der Waals surface area (Å²) < 4.78 is 3.65. The molecule has 0 aromatic carbocycles. The normalized spacial score (nSPS) is 16.8. The largest absolute Gasteiger partial charge is 0.338 e. The number of amides is 1. The minimum absolute atomic E-state index is 0.0759. The van der Waals surface area contributed by atoms with E-state index in [2.05, 4.69) is 10.2 Å². The summed E-state index contributed by atoms with van der Waals surface area (Å²) in [6.07, 6.45) is 9.08. The van der Waals surface area contributed by atoms with Crippen LogP contribution in [-0.2, 0) is 7.05 Å². The Morgan fingerprint density at radius 2 is 2.11 bits per heavy atom. The average molecular weight is 259 g/mol. The second-order valence-electron chi connectivity index (χ2n) is 4.91. The zero-order valence-corrected chi connectivity index (χ0v) is 10.9. The Bertz CT molecular complexity index is 551. The van der Waals surface area contributed by atoms with Crippen molar-refractivity contribution in [2.75, 3.05) is 13.1 Å². The summed E-state index contributed by atoms with van der Waals surface area (Å²) >= 11 is 0. The summed E-state index contributed by atoms with van der Waals surface area (Å²) in [4.78, 5) is 14.2. The Balaban J connectivity index is 1.62. The minimum Gasteiger partial charge on any atom is -0.338 e. The summed E-state index contributed by atoms with van der Waals surface area (Å²) in [5.41, 5.74) is 0.667. The van der Waals surface area contributed by atoms with E-state index >= 15 is 0 Å². The first-order valence-electron chi connectivity index (χ1n) is 6.51. The summed E-state index contributed by atoms with van der Waals surface area (Å²) in [6.45, 7) is 1.55. The molecule has 1 saturated heterocycles. The van der Waals surface area contributed by atoms with Crippen molar-refractivity contribution in [3.63, 3.8) is 0 Å². The van der Waals surface area contributed by atoms with Crippen LogP contribution in [0.1, 0.15) is 29.2 Å². The first-order chi connectivity index (χ1) is 9.24. The maximum atomic E-state index is 12.3. The van der Waals surface area contributed by atoms with Crippen LogP contribution < -0.4 is 0 Å². The lowest BCUT2D eigenvalue weighted by Gasteiger charge is -2.31. The highest BCUT2D eigenvalue weighted by atomic mass is 16.2.